The van der Waals surface area contributed by atoms with Crippen molar-refractivity contribution in [2.45, 2.75) is 20.8 Å². The highest BCUT2D eigenvalue weighted by atomic mass is 32.2. The minimum absolute atomic E-state index is 0.383. The quantitative estimate of drug-likeness (QED) is 0.306. The molecular formula is C8H14N2O3S. The fraction of sp³-hybridized carbons (Fsp3) is 0.625. The van der Waals surface area contributed by atoms with Crippen molar-refractivity contribution in [1.82, 2.24) is 4.90 Å². The Morgan fingerprint density at radius 3 is 2.43 bits per heavy atom. The molecule has 0 unspecified atom stereocenters. The minimum Gasteiger partial charge on any atom is -0.297 e. The molecule has 0 aromatic heterocycles. The van der Waals surface area contributed by atoms with Gasteiger partial charge in [-0.2, -0.15) is 0 Å². The summed E-state index contributed by atoms with van der Waals surface area (Å²) in [4.78, 5) is 27.2. The van der Waals surface area contributed by atoms with E-state index in [0.29, 0.717) is 5.04 Å². The average Bonchev–Trinajstić information content (AvgIpc) is 2.13. The monoisotopic (exact) mass is 218 g/mol. The summed E-state index contributed by atoms with van der Waals surface area (Å²) in [5.41, 5.74) is 0. The van der Waals surface area contributed by atoms with Crippen molar-refractivity contribution in [3.63, 3.8) is 0 Å². The topological polar surface area (TPSA) is 59.0 Å². The Labute approximate surface area is 87.5 Å². The normalized spacial score (nSPS) is 11.0. The molecule has 14 heavy (non-hydrogen) atoms. The Morgan fingerprint density at radius 1 is 1.43 bits per heavy atom. The molecule has 0 heterocycles. The second kappa shape index (κ2) is 6.42. The molecule has 0 N–H and O–H groups in total. The van der Waals surface area contributed by atoms with Crippen molar-refractivity contribution >= 4 is 28.8 Å². The molecule has 0 spiro atoms. The third-order valence-corrected chi connectivity index (χ3v) is 2.13. The smallest absolute Gasteiger partial charge is 0.297 e. The van der Waals surface area contributed by atoms with E-state index >= 15 is 0 Å². The predicted molar refractivity (Wildman–Crippen MR) is 56.2 cm³/mol. The highest BCUT2D eigenvalue weighted by molar-refractivity contribution is 8.13. The summed E-state index contributed by atoms with van der Waals surface area (Å²) in [5, 5.41) is 4.20. The summed E-state index contributed by atoms with van der Waals surface area (Å²) in [6.07, 6.45) is -0.770. The number of carbonyl (C=O) groups excluding carboxylic acids is 2. The zero-order chi connectivity index (χ0) is 11.1. The second-order valence-electron chi connectivity index (χ2n) is 2.48. The van der Waals surface area contributed by atoms with E-state index in [-0.39, 0.29) is 5.91 Å². The summed E-state index contributed by atoms with van der Waals surface area (Å²) < 4.78 is 0. The van der Waals surface area contributed by atoms with Crippen molar-refractivity contribution in [3.8, 4) is 0 Å². The molecule has 2 amide bonds. The van der Waals surface area contributed by atoms with E-state index in [1.54, 1.807) is 6.92 Å². The number of oxime groups is 1. The Bertz CT molecular complexity index is 253. The van der Waals surface area contributed by atoms with Crippen molar-refractivity contribution in [1.29, 1.82) is 0 Å². The van der Waals surface area contributed by atoms with Crippen LogP contribution in [0, 0.1) is 0 Å². The van der Waals surface area contributed by atoms with Crippen LogP contribution >= 0.6 is 11.8 Å². The van der Waals surface area contributed by atoms with Crippen LogP contribution in [0.2, 0.25) is 0 Å². The number of rotatable bonds is 2. The lowest BCUT2D eigenvalue weighted by Crippen LogP contribution is -2.30. The van der Waals surface area contributed by atoms with Gasteiger partial charge >= 0.3 is 6.09 Å². The number of hydrogen-bond donors (Lipinski definition) is 0. The van der Waals surface area contributed by atoms with Crippen LogP contribution in [0.3, 0.4) is 0 Å². The van der Waals surface area contributed by atoms with E-state index in [9.17, 15) is 9.59 Å². The zero-order valence-corrected chi connectivity index (χ0v) is 9.55. The van der Waals surface area contributed by atoms with Gasteiger partial charge in [0.05, 0.1) is 0 Å². The van der Waals surface area contributed by atoms with Gasteiger partial charge in [0.25, 0.3) is 0 Å². The van der Waals surface area contributed by atoms with Crippen LogP contribution in [0.4, 0.5) is 4.79 Å². The number of carbonyl (C=O) groups is 2. The average molecular weight is 218 g/mol. The Morgan fingerprint density at radius 2 is 2.00 bits per heavy atom. The molecule has 0 saturated carbocycles. The van der Waals surface area contributed by atoms with Gasteiger partial charge in [0, 0.05) is 14.0 Å². The van der Waals surface area contributed by atoms with E-state index in [4.69, 9.17) is 0 Å². The van der Waals surface area contributed by atoms with Crippen LogP contribution < -0.4 is 0 Å². The van der Waals surface area contributed by atoms with Gasteiger partial charge in [-0.1, -0.05) is 12.1 Å². The van der Waals surface area contributed by atoms with Crippen molar-refractivity contribution in [2.75, 3.05) is 12.8 Å². The molecule has 0 rings (SSSR count). The second-order valence-corrected chi connectivity index (χ2v) is 3.94. The van der Waals surface area contributed by atoms with Crippen LogP contribution in [0.5, 0.6) is 0 Å². The van der Waals surface area contributed by atoms with Gasteiger partial charge in [-0.3, -0.25) is 9.63 Å². The SMILES string of the molecule is CCS/C(C)=N\OC(=O)N(C)C(C)=O. The van der Waals surface area contributed by atoms with Gasteiger partial charge in [0.1, 0.15) is 5.04 Å². The predicted octanol–water partition coefficient (Wildman–Crippen LogP) is 1.69. The first kappa shape index (κ1) is 13.0. The van der Waals surface area contributed by atoms with Gasteiger partial charge in [-0.25, -0.2) is 9.69 Å². The molecule has 0 saturated heterocycles. The molecule has 0 aliphatic heterocycles. The fourth-order valence-electron chi connectivity index (χ4n) is 0.528. The van der Waals surface area contributed by atoms with Crippen LogP contribution in [0.15, 0.2) is 5.16 Å². The maximum atomic E-state index is 11.1. The summed E-state index contributed by atoms with van der Waals surface area (Å²) in [5.74, 6) is 0.473. The van der Waals surface area contributed by atoms with E-state index < -0.39 is 6.09 Å². The van der Waals surface area contributed by atoms with E-state index in [1.807, 2.05) is 6.92 Å². The molecule has 0 fully saturated rings. The third-order valence-electron chi connectivity index (χ3n) is 1.35. The molecule has 0 aromatic carbocycles. The molecular weight excluding hydrogens is 204 g/mol. The Kier molecular flexibility index (Phi) is 5.94. The number of amides is 2. The molecule has 0 bridgehead atoms. The maximum Gasteiger partial charge on any atom is 0.442 e. The number of imide groups is 1. The van der Waals surface area contributed by atoms with Crippen LogP contribution in [0.25, 0.3) is 0 Å². The summed E-state index contributed by atoms with van der Waals surface area (Å²) in [6.45, 7) is 4.97. The van der Waals surface area contributed by atoms with E-state index in [2.05, 4.69) is 9.99 Å². The van der Waals surface area contributed by atoms with Crippen LogP contribution in [-0.4, -0.2) is 34.7 Å². The maximum absolute atomic E-state index is 11.1. The van der Waals surface area contributed by atoms with Gasteiger partial charge in [0.2, 0.25) is 5.91 Å². The lowest BCUT2D eigenvalue weighted by atomic mass is 10.6. The van der Waals surface area contributed by atoms with Crippen LogP contribution in [0.1, 0.15) is 20.8 Å². The van der Waals surface area contributed by atoms with Gasteiger partial charge in [0.15, 0.2) is 0 Å². The first-order valence-electron chi connectivity index (χ1n) is 4.11. The zero-order valence-electron chi connectivity index (χ0n) is 8.73. The summed E-state index contributed by atoms with van der Waals surface area (Å²) in [6, 6.07) is 0. The van der Waals surface area contributed by atoms with Gasteiger partial charge < -0.3 is 0 Å². The molecule has 80 valence electrons. The van der Waals surface area contributed by atoms with E-state index in [0.717, 1.165) is 10.7 Å². The highest BCUT2D eigenvalue weighted by Crippen LogP contribution is 2.03. The first-order valence-corrected chi connectivity index (χ1v) is 5.10. The minimum atomic E-state index is -0.770. The van der Waals surface area contributed by atoms with Gasteiger partial charge in [-0.15, -0.1) is 11.8 Å². The Balaban J connectivity index is 4.07. The molecule has 0 radical (unpaired) electrons. The summed E-state index contributed by atoms with van der Waals surface area (Å²) in [7, 11) is 1.34. The molecule has 0 atom stereocenters. The van der Waals surface area contributed by atoms with Crippen molar-refractivity contribution in [2.24, 2.45) is 5.16 Å². The third kappa shape index (κ3) is 4.86. The lowest BCUT2D eigenvalue weighted by molar-refractivity contribution is -0.126. The van der Waals surface area contributed by atoms with Crippen molar-refractivity contribution in [3.05, 3.63) is 0 Å². The van der Waals surface area contributed by atoms with Gasteiger partial charge in [-0.05, 0) is 12.7 Å². The molecule has 0 aliphatic carbocycles. The molecule has 0 aliphatic rings. The Hall–Kier alpha value is -1.04. The molecule has 5 nitrogen and oxygen atoms in total. The molecule has 6 heteroatoms. The number of nitrogens with zero attached hydrogens (tertiary/aromatic N) is 2. The van der Waals surface area contributed by atoms with E-state index in [1.165, 1.54) is 25.7 Å². The largest absolute Gasteiger partial charge is 0.442 e. The van der Waals surface area contributed by atoms with Crippen LogP contribution in [-0.2, 0) is 9.63 Å². The van der Waals surface area contributed by atoms with Crippen molar-refractivity contribution < 1.29 is 14.4 Å². The number of thioether (sulfide) groups is 1. The first-order chi connectivity index (χ1) is 6.49. The number of hydrogen-bond acceptors (Lipinski definition) is 5. The fourth-order valence-corrected chi connectivity index (χ4v) is 1.04. The lowest BCUT2D eigenvalue weighted by Gasteiger charge is -2.09. The summed E-state index contributed by atoms with van der Waals surface area (Å²) >= 11 is 1.46. The molecule has 0 aromatic rings. The standard InChI is InChI=1S/C8H14N2O3S/c1-5-14-6(2)9-13-8(12)10(4)7(3)11/h5H2,1-4H3/b9-6-. The highest BCUT2D eigenvalue weighted by Gasteiger charge is 2.13.